The predicted octanol–water partition coefficient (Wildman–Crippen LogP) is -0.708. The van der Waals surface area contributed by atoms with Gasteiger partial charge in [-0.3, -0.25) is 4.79 Å². The Bertz CT molecular complexity index is 439. The van der Waals surface area contributed by atoms with Crippen LogP contribution in [0.3, 0.4) is 0 Å². The molecule has 2 aliphatic heterocycles. The molecule has 2 heterocycles. The van der Waals surface area contributed by atoms with E-state index in [9.17, 15) is 13.2 Å². The zero-order valence-corrected chi connectivity index (χ0v) is 11.9. The summed E-state index contributed by atoms with van der Waals surface area (Å²) >= 11 is 0. The molecule has 2 aliphatic rings. The number of carbonyl (C=O) groups is 1. The van der Waals surface area contributed by atoms with Crippen molar-refractivity contribution in [2.45, 2.75) is 38.3 Å². The predicted molar refractivity (Wildman–Crippen MR) is 69.4 cm³/mol. The molecule has 7 nitrogen and oxygen atoms in total. The standard InChI is InChI=1S/C11H21N3O4S/c1-2-18-11(15)10-4-3-6-14(10)19(16,17)13-7-5-9(12)8-13/h9-10H,2-8,12H2,1H3/t9-,10?/m0/s1. The molecule has 0 saturated carbocycles. The minimum Gasteiger partial charge on any atom is -0.465 e. The Morgan fingerprint density at radius 3 is 2.68 bits per heavy atom. The summed E-state index contributed by atoms with van der Waals surface area (Å²) in [6, 6.07) is -0.791. The van der Waals surface area contributed by atoms with Crippen LogP contribution in [0.4, 0.5) is 0 Å². The molecule has 8 heteroatoms. The second-order valence-electron chi connectivity index (χ2n) is 4.94. The Kier molecular flexibility index (Phi) is 4.44. The van der Waals surface area contributed by atoms with Gasteiger partial charge in [0.05, 0.1) is 6.61 Å². The van der Waals surface area contributed by atoms with Crippen LogP contribution < -0.4 is 5.73 Å². The fourth-order valence-corrected chi connectivity index (χ4v) is 4.49. The second-order valence-corrected chi connectivity index (χ2v) is 6.82. The number of ether oxygens (including phenoxy) is 1. The van der Waals surface area contributed by atoms with Crippen molar-refractivity contribution >= 4 is 16.2 Å². The molecule has 2 atom stereocenters. The van der Waals surface area contributed by atoms with Crippen molar-refractivity contribution in [3.05, 3.63) is 0 Å². The molecule has 19 heavy (non-hydrogen) atoms. The molecule has 2 fully saturated rings. The molecule has 110 valence electrons. The maximum atomic E-state index is 12.5. The van der Waals surface area contributed by atoms with Gasteiger partial charge in [0.25, 0.3) is 10.2 Å². The quantitative estimate of drug-likeness (QED) is 0.691. The van der Waals surface area contributed by atoms with Crippen LogP contribution in [0.1, 0.15) is 26.2 Å². The van der Waals surface area contributed by atoms with Crippen LogP contribution in [0, 0.1) is 0 Å². The summed E-state index contributed by atoms with van der Waals surface area (Å²) in [5.41, 5.74) is 5.75. The van der Waals surface area contributed by atoms with Gasteiger partial charge in [-0.05, 0) is 26.2 Å². The van der Waals surface area contributed by atoms with E-state index < -0.39 is 22.2 Å². The summed E-state index contributed by atoms with van der Waals surface area (Å²) in [6.45, 7) is 3.10. The number of rotatable bonds is 4. The van der Waals surface area contributed by atoms with Crippen LogP contribution in [0.5, 0.6) is 0 Å². The van der Waals surface area contributed by atoms with Gasteiger partial charge in [0.2, 0.25) is 0 Å². The number of carbonyl (C=O) groups excluding carboxylic acids is 1. The van der Waals surface area contributed by atoms with E-state index in [1.54, 1.807) is 6.92 Å². The molecule has 0 aromatic rings. The highest BCUT2D eigenvalue weighted by Gasteiger charge is 2.43. The molecule has 0 bridgehead atoms. The topological polar surface area (TPSA) is 92.9 Å². The Balaban J connectivity index is 2.12. The third kappa shape index (κ3) is 2.91. The van der Waals surface area contributed by atoms with E-state index in [0.717, 1.165) is 0 Å². The molecule has 0 aromatic carbocycles. The number of nitrogens with two attached hydrogens (primary N) is 1. The van der Waals surface area contributed by atoms with Crippen LogP contribution in [0.25, 0.3) is 0 Å². The van der Waals surface area contributed by atoms with Gasteiger partial charge in [0.1, 0.15) is 6.04 Å². The monoisotopic (exact) mass is 291 g/mol. The molecular weight excluding hydrogens is 270 g/mol. The fraction of sp³-hybridized carbons (Fsp3) is 0.909. The van der Waals surface area contributed by atoms with Gasteiger partial charge in [0, 0.05) is 25.7 Å². The van der Waals surface area contributed by atoms with E-state index in [1.807, 2.05) is 0 Å². The van der Waals surface area contributed by atoms with Crippen LogP contribution in [0.15, 0.2) is 0 Å². The first-order chi connectivity index (χ1) is 8.96. The molecule has 0 amide bonds. The minimum atomic E-state index is -3.60. The summed E-state index contributed by atoms with van der Waals surface area (Å²) in [6.07, 6.45) is 1.87. The Morgan fingerprint density at radius 1 is 1.37 bits per heavy atom. The van der Waals surface area contributed by atoms with Gasteiger partial charge in [-0.25, -0.2) is 0 Å². The van der Waals surface area contributed by atoms with Gasteiger partial charge >= 0.3 is 5.97 Å². The first-order valence-electron chi connectivity index (χ1n) is 6.66. The summed E-state index contributed by atoms with van der Waals surface area (Å²) in [4.78, 5) is 11.8. The molecule has 0 aromatic heterocycles. The molecule has 2 rings (SSSR count). The number of hydrogen-bond donors (Lipinski definition) is 1. The maximum absolute atomic E-state index is 12.5. The molecule has 0 aliphatic carbocycles. The van der Waals surface area contributed by atoms with Gasteiger partial charge < -0.3 is 10.5 Å². The van der Waals surface area contributed by atoms with E-state index in [2.05, 4.69) is 0 Å². The molecule has 0 radical (unpaired) electrons. The van der Waals surface area contributed by atoms with Crippen molar-refractivity contribution in [1.82, 2.24) is 8.61 Å². The first-order valence-corrected chi connectivity index (χ1v) is 8.05. The lowest BCUT2D eigenvalue weighted by Gasteiger charge is -2.27. The lowest BCUT2D eigenvalue weighted by atomic mass is 10.2. The van der Waals surface area contributed by atoms with E-state index in [0.29, 0.717) is 38.9 Å². The Hall–Kier alpha value is -0.700. The molecule has 2 saturated heterocycles. The van der Waals surface area contributed by atoms with E-state index in [-0.39, 0.29) is 12.6 Å². The third-order valence-corrected chi connectivity index (χ3v) is 5.59. The average molecular weight is 291 g/mol. The molecule has 0 spiro atoms. The SMILES string of the molecule is CCOC(=O)C1CCCN1S(=O)(=O)N1CC[C@H](N)C1. The van der Waals surface area contributed by atoms with Crippen LogP contribution in [-0.4, -0.2) is 61.3 Å². The van der Waals surface area contributed by atoms with Crippen molar-refractivity contribution in [2.24, 2.45) is 5.73 Å². The van der Waals surface area contributed by atoms with Crippen LogP contribution >= 0.6 is 0 Å². The van der Waals surface area contributed by atoms with Crippen molar-refractivity contribution in [3.8, 4) is 0 Å². The van der Waals surface area contributed by atoms with Crippen LogP contribution in [0.2, 0.25) is 0 Å². The number of esters is 1. The largest absolute Gasteiger partial charge is 0.465 e. The highest BCUT2D eigenvalue weighted by molar-refractivity contribution is 7.86. The smallest absolute Gasteiger partial charge is 0.324 e. The van der Waals surface area contributed by atoms with Crippen molar-refractivity contribution in [3.63, 3.8) is 0 Å². The van der Waals surface area contributed by atoms with E-state index in [4.69, 9.17) is 10.5 Å². The number of nitrogens with zero attached hydrogens (tertiary/aromatic N) is 2. The highest BCUT2D eigenvalue weighted by Crippen LogP contribution is 2.26. The third-order valence-electron chi connectivity index (χ3n) is 3.57. The normalized spacial score (nSPS) is 29.8. The minimum absolute atomic E-state index is 0.113. The fourth-order valence-electron chi connectivity index (χ4n) is 2.60. The Morgan fingerprint density at radius 2 is 2.11 bits per heavy atom. The molecule has 2 N–H and O–H groups in total. The average Bonchev–Trinajstić information content (AvgIpc) is 2.97. The van der Waals surface area contributed by atoms with Crippen LogP contribution in [-0.2, 0) is 19.7 Å². The van der Waals surface area contributed by atoms with Gasteiger partial charge in [-0.15, -0.1) is 0 Å². The lowest BCUT2D eigenvalue weighted by molar-refractivity contribution is -0.146. The van der Waals surface area contributed by atoms with Crippen molar-refractivity contribution < 1.29 is 17.9 Å². The Labute approximate surface area is 113 Å². The summed E-state index contributed by atoms with van der Waals surface area (Å²) < 4.78 is 32.6. The van der Waals surface area contributed by atoms with E-state index in [1.165, 1.54) is 8.61 Å². The summed E-state index contributed by atoms with van der Waals surface area (Å²) in [5, 5.41) is 0. The van der Waals surface area contributed by atoms with Gasteiger partial charge in [0.15, 0.2) is 0 Å². The highest BCUT2D eigenvalue weighted by atomic mass is 32.2. The maximum Gasteiger partial charge on any atom is 0.324 e. The number of hydrogen-bond acceptors (Lipinski definition) is 5. The zero-order valence-electron chi connectivity index (χ0n) is 11.1. The molecule has 1 unspecified atom stereocenters. The second kappa shape index (κ2) is 5.74. The summed E-state index contributed by atoms with van der Waals surface area (Å²) in [5.74, 6) is -0.452. The first kappa shape index (κ1) is 14.7. The molecular formula is C11H21N3O4S. The lowest BCUT2D eigenvalue weighted by Crippen LogP contribution is -2.48. The summed E-state index contributed by atoms with van der Waals surface area (Å²) in [7, 11) is -3.60. The van der Waals surface area contributed by atoms with Gasteiger partial charge in [-0.2, -0.15) is 17.0 Å². The van der Waals surface area contributed by atoms with Crippen molar-refractivity contribution in [1.29, 1.82) is 0 Å². The van der Waals surface area contributed by atoms with E-state index >= 15 is 0 Å². The zero-order chi connectivity index (χ0) is 14.0. The van der Waals surface area contributed by atoms with Gasteiger partial charge in [-0.1, -0.05) is 0 Å². The van der Waals surface area contributed by atoms with Crippen molar-refractivity contribution in [2.75, 3.05) is 26.2 Å².